The second-order valence-electron chi connectivity index (χ2n) is 4.60. The molecule has 0 amide bonds. The summed E-state index contributed by atoms with van der Waals surface area (Å²) in [6.07, 6.45) is 5.50. The van der Waals surface area contributed by atoms with Gasteiger partial charge in [0, 0.05) is 25.3 Å². The van der Waals surface area contributed by atoms with Crippen molar-refractivity contribution in [2.45, 2.75) is 37.5 Å². The Morgan fingerprint density at radius 1 is 1.56 bits per heavy atom. The van der Waals surface area contributed by atoms with Crippen molar-refractivity contribution in [1.29, 1.82) is 0 Å². The van der Waals surface area contributed by atoms with Crippen molar-refractivity contribution in [3.8, 4) is 0 Å². The molecule has 1 aliphatic carbocycles. The lowest BCUT2D eigenvalue weighted by atomic mass is 10.2. The molecule has 1 fully saturated rings. The van der Waals surface area contributed by atoms with Gasteiger partial charge in [-0.2, -0.15) is 11.8 Å². The number of nitrogens with one attached hydrogen (secondary N) is 1. The van der Waals surface area contributed by atoms with E-state index in [1.807, 2.05) is 11.8 Å². The number of hydrogen-bond donors (Lipinski definition) is 1. The topological polar surface area (TPSA) is 73.0 Å². The Bertz CT molecular complexity index is 460. The molecule has 1 aromatic heterocycles. The van der Waals surface area contributed by atoms with Gasteiger partial charge in [0.2, 0.25) is 11.6 Å². The summed E-state index contributed by atoms with van der Waals surface area (Å²) in [5.41, 5.74) is 0. The summed E-state index contributed by atoms with van der Waals surface area (Å²) in [6.45, 7) is 1.78. The van der Waals surface area contributed by atoms with Gasteiger partial charge in [-0.05, 0) is 29.0 Å². The number of rotatable bonds is 4. The molecule has 0 radical (unpaired) electrons. The van der Waals surface area contributed by atoms with Gasteiger partial charge in [0.1, 0.15) is 0 Å². The van der Waals surface area contributed by atoms with Gasteiger partial charge in [-0.25, -0.2) is 0 Å². The van der Waals surface area contributed by atoms with Crippen molar-refractivity contribution < 1.29 is 4.92 Å². The zero-order valence-corrected chi connectivity index (χ0v) is 11.7. The third kappa shape index (κ3) is 2.31. The minimum Gasteiger partial charge on any atom is -0.360 e. The third-order valence-corrected chi connectivity index (χ3v) is 4.72. The number of anilines is 1. The number of aromatic nitrogens is 2. The number of nitro groups is 1. The summed E-state index contributed by atoms with van der Waals surface area (Å²) in [5.74, 6) is 1.12. The van der Waals surface area contributed by atoms with E-state index >= 15 is 0 Å². The third-order valence-electron chi connectivity index (χ3n) is 3.55. The second kappa shape index (κ2) is 5.17. The maximum Gasteiger partial charge on any atom is 0.406 e. The highest BCUT2D eigenvalue weighted by Crippen LogP contribution is 2.33. The first kappa shape index (κ1) is 13.2. The minimum atomic E-state index is -0.418. The van der Waals surface area contributed by atoms with E-state index in [1.54, 1.807) is 18.5 Å². The molecule has 18 heavy (non-hydrogen) atoms. The largest absolute Gasteiger partial charge is 0.406 e. The van der Waals surface area contributed by atoms with Crippen molar-refractivity contribution in [1.82, 2.24) is 9.55 Å². The molecule has 1 aromatic rings. The van der Waals surface area contributed by atoms with Crippen LogP contribution in [0.25, 0.3) is 0 Å². The number of nitrogens with zero attached hydrogens (tertiary/aromatic N) is 3. The quantitative estimate of drug-likeness (QED) is 0.671. The fourth-order valence-corrected chi connectivity index (χ4v) is 3.37. The molecular formula is C11H18N4O2S. The molecular weight excluding hydrogens is 252 g/mol. The number of thioether (sulfide) groups is 1. The summed E-state index contributed by atoms with van der Waals surface area (Å²) < 4.78 is 1.76. The Kier molecular flexibility index (Phi) is 3.79. The highest BCUT2D eigenvalue weighted by molar-refractivity contribution is 7.99. The lowest BCUT2D eigenvalue weighted by Crippen LogP contribution is -2.27. The molecule has 1 saturated carbocycles. The Morgan fingerprint density at radius 3 is 2.89 bits per heavy atom. The first-order valence-corrected chi connectivity index (χ1v) is 7.30. The smallest absolute Gasteiger partial charge is 0.360 e. The molecule has 1 aliphatic rings. The van der Waals surface area contributed by atoms with Crippen LogP contribution in [0.1, 0.15) is 25.1 Å². The van der Waals surface area contributed by atoms with Crippen LogP contribution in [0, 0.1) is 17.0 Å². The predicted molar refractivity (Wildman–Crippen MR) is 73.2 cm³/mol. The molecule has 0 spiro atoms. The van der Waals surface area contributed by atoms with Crippen LogP contribution in [0.3, 0.4) is 0 Å². The Hall–Kier alpha value is -1.24. The van der Waals surface area contributed by atoms with Crippen molar-refractivity contribution in [3.05, 3.63) is 15.9 Å². The van der Waals surface area contributed by atoms with Crippen molar-refractivity contribution in [3.63, 3.8) is 0 Å². The Morgan fingerprint density at radius 2 is 2.28 bits per heavy atom. The van der Waals surface area contributed by atoms with Gasteiger partial charge in [0.15, 0.2) is 0 Å². The average molecular weight is 270 g/mol. The van der Waals surface area contributed by atoms with E-state index in [9.17, 15) is 10.1 Å². The zero-order valence-electron chi connectivity index (χ0n) is 10.8. The van der Waals surface area contributed by atoms with Crippen LogP contribution < -0.4 is 5.32 Å². The van der Waals surface area contributed by atoms with Gasteiger partial charge in [-0.15, -0.1) is 0 Å². The molecule has 2 rings (SSSR count). The molecule has 0 aromatic carbocycles. The maximum atomic E-state index is 11.0. The van der Waals surface area contributed by atoms with Crippen LogP contribution in [0.2, 0.25) is 0 Å². The van der Waals surface area contributed by atoms with Crippen LogP contribution >= 0.6 is 11.8 Å². The first-order valence-electron chi connectivity index (χ1n) is 6.01. The van der Waals surface area contributed by atoms with Crippen LogP contribution in [0.15, 0.2) is 0 Å². The normalized spacial score (nSPS) is 23.3. The van der Waals surface area contributed by atoms with Gasteiger partial charge in [0.25, 0.3) is 0 Å². The number of hydrogen-bond acceptors (Lipinski definition) is 5. The summed E-state index contributed by atoms with van der Waals surface area (Å²) >= 11 is 1.82. The second-order valence-corrected chi connectivity index (χ2v) is 5.68. The van der Waals surface area contributed by atoms with Crippen molar-refractivity contribution in [2.75, 3.05) is 11.6 Å². The van der Waals surface area contributed by atoms with Gasteiger partial charge >= 0.3 is 5.82 Å². The zero-order chi connectivity index (χ0) is 13.3. The highest BCUT2D eigenvalue weighted by atomic mass is 32.2. The van der Waals surface area contributed by atoms with E-state index in [2.05, 4.69) is 16.6 Å². The van der Waals surface area contributed by atoms with Gasteiger partial charge in [0.05, 0.1) is 0 Å². The molecule has 100 valence electrons. The average Bonchev–Trinajstić information content (AvgIpc) is 2.88. The SMILES string of the molecule is CSC1CCCC1Nc1c([N+](=O)[O-])nc(C)n1C. The molecule has 1 N–H and O–H groups in total. The molecule has 0 aliphatic heterocycles. The number of imidazole rings is 1. The lowest BCUT2D eigenvalue weighted by Gasteiger charge is -2.19. The van der Waals surface area contributed by atoms with E-state index < -0.39 is 4.92 Å². The first-order chi connectivity index (χ1) is 8.54. The summed E-state index contributed by atoms with van der Waals surface area (Å²) in [6, 6.07) is 0.300. The minimum absolute atomic E-state index is 0.0678. The Balaban J connectivity index is 2.25. The molecule has 0 saturated heterocycles. The monoisotopic (exact) mass is 270 g/mol. The van der Waals surface area contributed by atoms with E-state index in [-0.39, 0.29) is 5.82 Å². The molecule has 0 bridgehead atoms. The summed E-state index contributed by atoms with van der Waals surface area (Å²) in [5, 5.41) is 14.8. The standard InChI is InChI=1S/C11H18N4O2S/c1-7-12-11(15(16)17)10(14(7)2)13-8-5-4-6-9(8)18-3/h8-9,13H,4-6H2,1-3H3. The molecule has 2 unspecified atom stereocenters. The summed E-state index contributed by atoms with van der Waals surface area (Å²) in [7, 11) is 1.81. The Labute approximate surface area is 110 Å². The van der Waals surface area contributed by atoms with Crippen LogP contribution in [0.5, 0.6) is 0 Å². The van der Waals surface area contributed by atoms with E-state index in [1.165, 1.54) is 12.8 Å². The van der Waals surface area contributed by atoms with Crippen LogP contribution in [0.4, 0.5) is 11.6 Å². The van der Waals surface area contributed by atoms with E-state index in [4.69, 9.17) is 0 Å². The van der Waals surface area contributed by atoms with E-state index in [0.29, 0.717) is 22.9 Å². The molecule has 6 nitrogen and oxygen atoms in total. The van der Waals surface area contributed by atoms with Crippen molar-refractivity contribution >= 4 is 23.4 Å². The van der Waals surface area contributed by atoms with Crippen LogP contribution in [-0.4, -0.2) is 32.0 Å². The highest BCUT2D eigenvalue weighted by Gasteiger charge is 2.31. The molecule has 7 heteroatoms. The molecule has 1 heterocycles. The fourth-order valence-electron chi connectivity index (χ4n) is 2.43. The lowest BCUT2D eigenvalue weighted by molar-refractivity contribution is -0.388. The van der Waals surface area contributed by atoms with Crippen LogP contribution in [-0.2, 0) is 7.05 Å². The van der Waals surface area contributed by atoms with E-state index in [0.717, 1.165) is 6.42 Å². The summed E-state index contributed by atoms with van der Waals surface area (Å²) in [4.78, 5) is 14.6. The van der Waals surface area contributed by atoms with Gasteiger partial charge < -0.3 is 15.4 Å². The van der Waals surface area contributed by atoms with Gasteiger partial charge in [-0.1, -0.05) is 6.42 Å². The number of aryl methyl sites for hydroxylation is 1. The predicted octanol–water partition coefficient (Wildman–Crippen LogP) is 2.33. The van der Waals surface area contributed by atoms with Gasteiger partial charge in [-0.3, -0.25) is 4.57 Å². The maximum absolute atomic E-state index is 11.0. The van der Waals surface area contributed by atoms with Crippen molar-refractivity contribution in [2.24, 2.45) is 7.05 Å². The molecule has 2 atom stereocenters. The fraction of sp³-hybridized carbons (Fsp3) is 0.727.